The largest absolute Gasteiger partial charge is 0.329 e. The molecule has 27 heavy (non-hydrogen) atoms. The summed E-state index contributed by atoms with van der Waals surface area (Å²) in [4.78, 5) is 12.3. The van der Waals surface area contributed by atoms with Crippen LogP contribution in [0.5, 0.6) is 0 Å². The molecule has 0 aliphatic carbocycles. The smallest absolute Gasteiger partial charge is 0.240 e. The molecule has 2 aromatic rings. The average molecular weight is 390 g/mol. The Kier molecular flexibility index (Phi) is 7.53. The summed E-state index contributed by atoms with van der Waals surface area (Å²) in [5.41, 5.74) is 8.14. The summed E-state index contributed by atoms with van der Waals surface area (Å²) < 4.78 is 26.7. The maximum atomic E-state index is 12.2. The summed E-state index contributed by atoms with van der Waals surface area (Å²) in [6, 6.07) is 14.4. The van der Waals surface area contributed by atoms with Gasteiger partial charge in [-0.2, -0.15) is 0 Å². The van der Waals surface area contributed by atoms with Gasteiger partial charge in [0, 0.05) is 25.2 Å². The van der Waals surface area contributed by atoms with Crippen molar-refractivity contribution in [3.8, 4) is 0 Å². The highest BCUT2D eigenvalue weighted by molar-refractivity contribution is 7.89. The maximum Gasteiger partial charge on any atom is 0.240 e. The summed E-state index contributed by atoms with van der Waals surface area (Å²) in [7, 11) is -3.63. The van der Waals surface area contributed by atoms with E-state index in [0.29, 0.717) is 24.4 Å². The van der Waals surface area contributed by atoms with E-state index in [-0.39, 0.29) is 23.9 Å². The monoisotopic (exact) mass is 389 g/mol. The van der Waals surface area contributed by atoms with E-state index in [9.17, 15) is 13.2 Å². The molecule has 0 atom stereocenters. The molecule has 0 fully saturated rings. The Labute approximate surface area is 161 Å². The van der Waals surface area contributed by atoms with Crippen molar-refractivity contribution < 1.29 is 13.2 Å². The van der Waals surface area contributed by atoms with Crippen LogP contribution < -0.4 is 15.8 Å². The highest BCUT2D eigenvalue weighted by atomic mass is 32.2. The number of rotatable bonds is 9. The number of aryl methyl sites for hydroxylation is 1. The van der Waals surface area contributed by atoms with Crippen LogP contribution >= 0.6 is 0 Å². The van der Waals surface area contributed by atoms with Crippen molar-refractivity contribution in [1.29, 1.82) is 0 Å². The Morgan fingerprint density at radius 3 is 2.44 bits per heavy atom. The maximum absolute atomic E-state index is 12.2. The van der Waals surface area contributed by atoms with Gasteiger partial charge in [-0.1, -0.05) is 44.2 Å². The number of nitrogens with one attached hydrogen (secondary N) is 2. The van der Waals surface area contributed by atoms with E-state index in [2.05, 4.69) is 36.0 Å². The molecule has 0 aliphatic rings. The van der Waals surface area contributed by atoms with Crippen LogP contribution in [-0.2, 0) is 21.2 Å². The first-order valence-electron chi connectivity index (χ1n) is 9.00. The highest BCUT2D eigenvalue weighted by Gasteiger charge is 2.14. The minimum absolute atomic E-state index is 0.0954. The molecule has 1 amide bonds. The predicted octanol–water partition coefficient (Wildman–Crippen LogP) is 2.62. The van der Waals surface area contributed by atoms with Crippen molar-refractivity contribution in [2.45, 2.75) is 37.5 Å². The third-order valence-electron chi connectivity index (χ3n) is 4.15. The second kappa shape index (κ2) is 9.64. The van der Waals surface area contributed by atoms with Crippen LogP contribution in [0.15, 0.2) is 53.4 Å². The van der Waals surface area contributed by atoms with E-state index in [0.717, 1.165) is 5.56 Å². The molecule has 4 N–H and O–H groups in total. The molecule has 6 nitrogen and oxygen atoms in total. The first-order valence-corrected chi connectivity index (χ1v) is 10.5. The number of carbonyl (C=O) groups is 1. The van der Waals surface area contributed by atoms with Gasteiger partial charge in [0.15, 0.2) is 0 Å². The number of sulfonamides is 1. The lowest BCUT2D eigenvalue weighted by Crippen LogP contribution is -2.29. The number of nitrogens with two attached hydrogens (primary N) is 1. The van der Waals surface area contributed by atoms with Gasteiger partial charge in [-0.25, -0.2) is 13.1 Å². The Morgan fingerprint density at radius 2 is 1.81 bits per heavy atom. The Morgan fingerprint density at radius 1 is 1.11 bits per heavy atom. The summed E-state index contributed by atoms with van der Waals surface area (Å²) in [6.07, 6.45) is 0.948. The first kappa shape index (κ1) is 21.1. The van der Waals surface area contributed by atoms with Crippen LogP contribution in [0.2, 0.25) is 0 Å². The number of anilines is 1. The van der Waals surface area contributed by atoms with Gasteiger partial charge < -0.3 is 11.1 Å². The van der Waals surface area contributed by atoms with Gasteiger partial charge in [-0.05, 0) is 41.7 Å². The topological polar surface area (TPSA) is 101 Å². The molecule has 0 saturated heterocycles. The van der Waals surface area contributed by atoms with Crippen molar-refractivity contribution in [2.75, 3.05) is 18.4 Å². The van der Waals surface area contributed by atoms with Crippen molar-refractivity contribution in [2.24, 2.45) is 5.73 Å². The highest BCUT2D eigenvalue weighted by Crippen LogP contribution is 2.17. The Bertz CT molecular complexity index is 862. The number of benzene rings is 2. The molecule has 0 unspecified atom stereocenters. The minimum Gasteiger partial charge on any atom is -0.329 e. The molecule has 0 aliphatic heterocycles. The molecule has 2 aromatic carbocycles. The van der Waals surface area contributed by atoms with Crippen molar-refractivity contribution in [3.05, 3.63) is 59.7 Å². The molecular formula is C20H27N3O3S. The second-order valence-electron chi connectivity index (χ2n) is 6.66. The molecule has 0 heterocycles. The quantitative estimate of drug-likeness (QED) is 0.613. The van der Waals surface area contributed by atoms with Crippen molar-refractivity contribution in [3.63, 3.8) is 0 Å². The van der Waals surface area contributed by atoms with E-state index >= 15 is 0 Å². The lowest BCUT2D eigenvalue weighted by molar-refractivity contribution is -0.116. The second-order valence-corrected chi connectivity index (χ2v) is 8.43. The fourth-order valence-electron chi connectivity index (χ4n) is 2.57. The fraction of sp³-hybridized carbons (Fsp3) is 0.350. The molecule has 0 spiro atoms. The normalized spacial score (nSPS) is 11.6. The third kappa shape index (κ3) is 6.46. The Balaban J connectivity index is 1.94. The molecule has 0 saturated carbocycles. The molecule has 0 radical (unpaired) electrons. The van der Waals surface area contributed by atoms with Crippen molar-refractivity contribution in [1.82, 2.24) is 4.72 Å². The molecule has 0 bridgehead atoms. The van der Waals surface area contributed by atoms with E-state index in [1.807, 2.05) is 12.1 Å². The Hall–Kier alpha value is -2.22. The zero-order chi connectivity index (χ0) is 19.9. The molecule has 0 aromatic heterocycles. The van der Waals surface area contributed by atoms with Gasteiger partial charge in [0.2, 0.25) is 15.9 Å². The summed E-state index contributed by atoms with van der Waals surface area (Å²) in [5, 5.41) is 2.75. The number of hydrogen-bond acceptors (Lipinski definition) is 4. The first-order chi connectivity index (χ1) is 12.8. The number of hydrogen-bond donors (Lipinski definition) is 3. The van der Waals surface area contributed by atoms with Gasteiger partial charge in [0.25, 0.3) is 0 Å². The summed E-state index contributed by atoms with van der Waals surface area (Å²) in [5.74, 6) is 0.317. The van der Waals surface area contributed by atoms with Crippen LogP contribution in [0.1, 0.15) is 37.3 Å². The fourth-order valence-corrected chi connectivity index (χ4v) is 3.66. The van der Waals surface area contributed by atoms with Crippen LogP contribution in [0.3, 0.4) is 0 Å². The zero-order valence-corrected chi connectivity index (χ0v) is 16.6. The van der Waals surface area contributed by atoms with Crippen LogP contribution in [0.4, 0.5) is 5.69 Å². The van der Waals surface area contributed by atoms with E-state index < -0.39 is 10.0 Å². The SMILES string of the molecule is CC(C)c1ccc(CCC(=O)Nc2cccc(S(=O)(=O)NCCN)c2)cc1. The van der Waals surface area contributed by atoms with Crippen molar-refractivity contribution >= 4 is 21.6 Å². The lowest BCUT2D eigenvalue weighted by Gasteiger charge is -2.10. The molecule has 2 rings (SSSR count). The van der Waals surface area contributed by atoms with Gasteiger partial charge in [0.05, 0.1) is 4.90 Å². The molecule has 146 valence electrons. The van der Waals surface area contributed by atoms with E-state index in [4.69, 9.17) is 5.73 Å². The predicted molar refractivity (Wildman–Crippen MR) is 108 cm³/mol. The van der Waals surface area contributed by atoms with Gasteiger partial charge in [-0.15, -0.1) is 0 Å². The zero-order valence-electron chi connectivity index (χ0n) is 15.7. The van der Waals surface area contributed by atoms with E-state index in [1.165, 1.54) is 17.7 Å². The van der Waals surface area contributed by atoms with Gasteiger partial charge in [0.1, 0.15) is 0 Å². The number of carbonyl (C=O) groups excluding carboxylic acids is 1. The lowest BCUT2D eigenvalue weighted by atomic mass is 10.0. The van der Waals surface area contributed by atoms with Crippen LogP contribution in [-0.4, -0.2) is 27.4 Å². The van der Waals surface area contributed by atoms with Crippen LogP contribution in [0.25, 0.3) is 0 Å². The number of amides is 1. The third-order valence-corrected chi connectivity index (χ3v) is 5.61. The van der Waals surface area contributed by atoms with E-state index in [1.54, 1.807) is 12.1 Å². The summed E-state index contributed by atoms with van der Waals surface area (Å²) >= 11 is 0. The van der Waals surface area contributed by atoms with Gasteiger partial charge >= 0.3 is 0 Å². The van der Waals surface area contributed by atoms with Crippen LogP contribution in [0, 0.1) is 0 Å². The average Bonchev–Trinajstić information content (AvgIpc) is 2.65. The molecule has 7 heteroatoms. The molecular weight excluding hydrogens is 362 g/mol. The van der Waals surface area contributed by atoms with Gasteiger partial charge in [-0.3, -0.25) is 4.79 Å². The standard InChI is InChI=1S/C20H27N3O3S/c1-15(2)17-9-6-16(7-10-17)8-11-20(24)23-18-4-3-5-19(14-18)27(25,26)22-13-12-21/h3-7,9-10,14-15,22H,8,11-13,21H2,1-2H3,(H,23,24). The summed E-state index contributed by atoms with van der Waals surface area (Å²) in [6.45, 7) is 4.66. The minimum atomic E-state index is -3.63.